The summed E-state index contributed by atoms with van der Waals surface area (Å²) in [5, 5.41) is 5.70. The molecule has 8 heteroatoms. The third-order valence-electron chi connectivity index (χ3n) is 3.19. The summed E-state index contributed by atoms with van der Waals surface area (Å²) in [6.07, 6.45) is 4.80. The summed E-state index contributed by atoms with van der Waals surface area (Å²) in [5.41, 5.74) is 1.81. The van der Waals surface area contributed by atoms with Crippen molar-refractivity contribution in [1.82, 2.24) is 15.6 Å². The van der Waals surface area contributed by atoms with Crippen LogP contribution in [0, 0.1) is 5.92 Å². The highest BCUT2D eigenvalue weighted by Crippen LogP contribution is 2.10. The summed E-state index contributed by atoms with van der Waals surface area (Å²) in [7, 11) is -3.99. The van der Waals surface area contributed by atoms with Crippen LogP contribution in [-0.2, 0) is 16.7 Å². The second-order valence-corrected chi connectivity index (χ2v) is 7.67. The molecule has 0 radical (unpaired) electrons. The number of amides is 1. The van der Waals surface area contributed by atoms with Gasteiger partial charge in [-0.1, -0.05) is 32.9 Å². The fourth-order valence-corrected chi connectivity index (χ4v) is 2.37. The van der Waals surface area contributed by atoms with Crippen LogP contribution in [0.1, 0.15) is 48.9 Å². The molecule has 0 aromatic carbocycles. The molecule has 0 fully saturated rings. The summed E-state index contributed by atoms with van der Waals surface area (Å²) in [6, 6.07) is 3.57. The molecule has 1 heterocycles. The van der Waals surface area contributed by atoms with Gasteiger partial charge in [0, 0.05) is 19.6 Å². The molecule has 0 spiro atoms. The molecule has 1 rings (SSSR count). The molecule has 0 aliphatic heterocycles. The number of nitrogens with zero attached hydrogens (tertiary/aromatic N) is 1. The van der Waals surface area contributed by atoms with E-state index in [9.17, 15) is 13.2 Å². The number of carbonyl (C=O) groups is 1. The summed E-state index contributed by atoms with van der Waals surface area (Å²) in [5.74, 6) is -0.230. The smallest absolute Gasteiger partial charge is 0.269 e. The van der Waals surface area contributed by atoms with Gasteiger partial charge in [0.2, 0.25) is 0 Å². The highest BCUT2D eigenvalue weighted by atomic mass is 32.2. The lowest BCUT2D eigenvalue weighted by atomic mass is 10.1. The van der Waals surface area contributed by atoms with Crippen molar-refractivity contribution in [3.63, 3.8) is 0 Å². The third kappa shape index (κ3) is 9.33. The largest absolute Gasteiger partial charge is 0.351 e. The number of hydrogen-bond donors (Lipinski definition) is 3. The topological polar surface area (TPSA) is 108 Å². The van der Waals surface area contributed by atoms with E-state index in [0.717, 1.165) is 12.0 Å². The number of rotatable bonds is 10. The van der Waals surface area contributed by atoms with Crippen molar-refractivity contribution in [3.05, 3.63) is 35.2 Å². The average molecular weight is 369 g/mol. The van der Waals surface area contributed by atoms with Gasteiger partial charge in [0.05, 0.1) is 11.4 Å². The predicted octanol–water partition coefficient (Wildman–Crippen LogP) is 1.87. The Labute approximate surface area is 149 Å². The lowest BCUT2D eigenvalue weighted by molar-refractivity contribution is 0.0948. The molecule has 0 atom stereocenters. The van der Waals surface area contributed by atoms with Gasteiger partial charge in [-0.05, 0) is 30.0 Å². The van der Waals surface area contributed by atoms with E-state index in [1.165, 1.54) is 0 Å². The number of allylic oxidation sites excluding steroid dienone is 1. The van der Waals surface area contributed by atoms with Crippen molar-refractivity contribution in [1.29, 1.82) is 0 Å². The molecule has 140 valence electrons. The van der Waals surface area contributed by atoms with E-state index < -0.39 is 10.1 Å². The SMILES string of the molecule is CCCNC(=O)c1cc(/C=C/C(C)C)cc(CNCCS(=O)(=O)O)n1. The zero-order chi connectivity index (χ0) is 18.9. The van der Waals surface area contributed by atoms with Crippen molar-refractivity contribution in [2.24, 2.45) is 5.92 Å². The number of nitrogens with one attached hydrogen (secondary N) is 2. The van der Waals surface area contributed by atoms with E-state index in [1.807, 2.05) is 25.1 Å². The first kappa shape index (κ1) is 21.3. The third-order valence-corrected chi connectivity index (χ3v) is 3.91. The first-order chi connectivity index (χ1) is 11.7. The molecule has 0 unspecified atom stereocenters. The zero-order valence-corrected chi connectivity index (χ0v) is 15.8. The second kappa shape index (κ2) is 10.3. The van der Waals surface area contributed by atoms with Gasteiger partial charge in [0.25, 0.3) is 16.0 Å². The normalized spacial score (nSPS) is 12.0. The highest BCUT2D eigenvalue weighted by molar-refractivity contribution is 7.85. The van der Waals surface area contributed by atoms with Crippen LogP contribution in [0.15, 0.2) is 18.2 Å². The molecule has 0 aliphatic carbocycles. The number of hydrogen-bond acceptors (Lipinski definition) is 5. The van der Waals surface area contributed by atoms with Crippen molar-refractivity contribution >= 4 is 22.1 Å². The summed E-state index contributed by atoms with van der Waals surface area (Å²) >= 11 is 0. The maximum absolute atomic E-state index is 12.2. The van der Waals surface area contributed by atoms with E-state index in [0.29, 0.717) is 30.4 Å². The van der Waals surface area contributed by atoms with Crippen molar-refractivity contribution in [2.45, 2.75) is 33.7 Å². The maximum atomic E-state index is 12.2. The monoisotopic (exact) mass is 369 g/mol. The van der Waals surface area contributed by atoms with E-state index in [-0.39, 0.29) is 18.2 Å². The fourth-order valence-electron chi connectivity index (χ4n) is 1.96. The van der Waals surface area contributed by atoms with Crippen molar-refractivity contribution in [2.75, 3.05) is 18.8 Å². The van der Waals surface area contributed by atoms with Crippen LogP contribution in [-0.4, -0.2) is 42.7 Å². The number of aromatic nitrogens is 1. The Hall–Kier alpha value is -1.77. The van der Waals surface area contributed by atoms with Crippen LogP contribution in [0.2, 0.25) is 0 Å². The Bertz CT molecular complexity index is 700. The molecule has 0 bridgehead atoms. The van der Waals surface area contributed by atoms with E-state index in [1.54, 1.807) is 6.07 Å². The molecular weight excluding hydrogens is 342 g/mol. The van der Waals surface area contributed by atoms with Crippen LogP contribution in [0.25, 0.3) is 6.08 Å². The number of pyridine rings is 1. The lowest BCUT2D eigenvalue weighted by Gasteiger charge is -2.09. The second-order valence-electron chi connectivity index (χ2n) is 6.10. The van der Waals surface area contributed by atoms with Gasteiger partial charge < -0.3 is 10.6 Å². The molecule has 25 heavy (non-hydrogen) atoms. The van der Waals surface area contributed by atoms with Gasteiger partial charge in [-0.25, -0.2) is 4.98 Å². The minimum absolute atomic E-state index is 0.101. The van der Waals surface area contributed by atoms with Crippen LogP contribution in [0.5, 0.6) is 0 Å². The molecule has 7 nitrogen and oxygen atoms in total. The maximum Gasteiger partial charge on any atom is 0.269 e. The van der Waals surface area contributed by atoms with Gasteiger partial charge in [0.1, 0.15) is 5.69 Å². The van der Waals surface area contributed by atoms with Gasteiger partial charge in [-0.15, -0.1) is 0 Å². The Morgan fingerprint density at radius 2 is 2.04 bits per heavy atom. The zero-order valence-electron chi connectivity index (χ0n) is 14.9. The first-order valence-corrected chi connectivity index (χ1v) is 9.95. The van der Waals surface area contributed by atoms with Crippen molar-refractivity contribution in [3.8, 4) is 0 Å². The Morgan fingerprint density at radius 3 is 2.64 bits per heavy atom. The van der Waals surface area contributed by atoms with Crippen LogP contribution in [0.3, 0.4) is 0 Å². The van der Waals surface area contributed by atoms with Gasteiger partial charge in [-0.2, -0.15) is 8.42 Å². The Morgan fingerprint density at radius 1 is 1.32 bits per heavy atom. The fraction of sp³-hybridized carbons (Fsp3) is 0.529. The van der Waals surface area contributed by atoms with Crippen LogP contribution < -0.4 is 10.6 Å². The van der Waals surface area contributed by atoms with Gasteiger partial charge in [-0.3, -0.25) is 9.35 Å². The number of carbonyl (C=O) groups excluding carboxylic acids is 1. The molecule has 1 aromatic heterocycles. The molecule has 0 aliphatic rings. The molecule has 0 saturated carbocycles. The summed E-state index contributed by atoms with van der Waals surface area (Å²) in [4.78, 5) is 16.5. The van der Waals surface area contributed by atoms with Crippen LogP contribution in [0.4, 0.5) is 0 Å². The lowest BCUT2D eigenvalue weighted by Crippen LogP contribution is -2.26. The average Bonchev–Trinajstić information content (AvgIpc) is 2.53. The highest BCUT2D eigenvalue weighted by Gasteiger charge is 2.10. The van der Waals surface area contributed by atoms with Gasteiger partial charge in [0.15, 0.2) is 0 Å². The molecule has 1 aromatic rings. The molecule has 0 saturated heterocycles. The van der Waals surface area contributed by atoms with E-state index in [4.69, 9.17) is 4.55 Å². The Kier molecular flexibility index (Phi) is 8.74. The Balaban J connectivity index is 2.90. The first-order valence-electron chi connectivity index (χ1n) is 8.34. The quantitative estimate of drug-likeness (QED) is 0.429. The van der Waals surface area contributed by atoms with E-state index >= 15 is 0 Å². The molecular formula is C17H27N3O4S. The predicted molar refractivity (Wildman–Crippen MR) is 98.9 cm³/mol. The minimum Gasteiger partial charge on any atom is -0.351 e. The standard InChI is InChI=1S/C17H27N3O4S/c1-4-7-19-17(21)16-11-14(6-5-13(2)3)10-15(20-16)12-18-8-9-25(22,23)24/h5-6,10-11,13,18H,4,7-9,12H2,1-3H3,(H,19,21)(H,22,23,24)/b6-5+. The van der Waals surface area contributed by atoms with Crippen LogP contribution >= 0.6 is 0 Å². The molecule has 3 N–H and O–H groups in total. The van der Waals surface area contributed by atoms with Gasteiger partial charge >= 0.3 is 0 Å². The summed E-state index contributed by atoms with van der Waals surface area (Å²) < 4.78 is 30.2. The molecule has 1 amide bonds. The summed E-state index contributed by atoms with van der Waals surface area (Å²) in [6.45, 7) is 7.07. The van der Waals surface area contributed by atoms with Crippen molar-refractivity contribution < 1.29 is 17.8 Å². The minimum atomic E-state index is -3.99. The van der Waals surface area contributed by atoms with E-state index in [2.05, 4.69) is 29.5 Å².